The predicted molar refractivity (Wildman–Crippen MR) is 88.5 cm³/mol. The van der Waals surface area contributed by atoms with E-state index in [4.69, 9.17) is 5.11 Å². The maximum absolute atomic E-state index is 8.83. The lowest BCUT2D eigenvalue weighted by Crippen LogP contribution is -2.26. The summed E-state index contributed by atoms with van der Waals surface area (Å²) >= 11 is 2.22. The summed E-state index contributed by atoms with van der Waals surface area (Å²) in [4.78, 5) is 8.62. The standard InChI is InChI=1S/C12H12IN7O2/c13-7-3-1-2-4-8(7)15-9-10(18-14-5-6-21)17-12-11(16-9)19-22-20-12/h1-4,14,21H,5-6H2,(H,15,16,19)(H,17,18,20). The first-order valence-electron chi connectivity index (χ1n) is 6.39. The van der Waals surface area contributed by atoms with E-state index >= 15 is 0 Å². The molecule has 0 atom stereocenters. The summed E-state index contributed by atoms with van der Waals surface area (Å²) in [6, 6.07) is 7.78. The molecule has 114 valence electrons. The molecule has 0 aliphatic rings. The number of nitrogens with zero attached hydrogens (tertiary/aromatic N) is 4. The number of fused-ring (bicyclic) bond motifs is 1. The Balaban J connectivity index is 1.94. The zero-order valence-electron chi connectivity index (χ0n) is 11.2. The second-order valence-electron chi connectivity index (χ2n) is 4.21. The molecule has 9 nitrogen and oxygen atoms in total. The second-order valence-corrected chi connectivity index (χ2v) is 5.37. The molecular formula is C12H12IN7O2. The summed E-state index contributed by atoms with van der Waals surface area (Å²) in [5, 5.41) is 19.4. The van der Waals surface area contributed by atoms with Gasteiger partial charge >= 0.3 is 0 Å². The molecule has 1 aromatic carbocycles. The fourth-order valence-electron chi connectivity index (χ4n) is 1.70. The number of anilines is 3. The molecule has 3 aromatic rings. The third-order valence-electron chi connectivity index (χ3n) is 2.68. The number of hydrogen-bond acceptors (Lipinski definition) is 9. The van der Waals surface area contributed by atoms with Gasteiger partial charge in [-0.25, -0.2) is 15.0 Å². The van der Waals surface area contributed by atoms with Crippen molar-refractivity contribution in [1.82, 2.24) is 25.7 Å². The normalized spacial score (nSPS) is 10.8. The van der Waals surface area contributed by atoms with Crippen molar-refractivity contribution in [1.29, 1.82) is 0 Å². The van der Waals surface area contributed by atoms with Crippen molar-refractivity contribution in [3.8, 4) is 0 Å². The molecule has 0 spiro atoms. The number of rotatable bonds is 6. The number of halogens is 1. The van der Waals surface area contributed by atoms with Crippen molar-refractivity contribution in [2.24, 2.45) is 0 Å². The molecule has 0 fully saturated rings. The molecule has 2 heterocycles. The van der Waals surface area contributed by atoms with Crippen LogP contribution >= 0.6 is 22.6 Å². The maximum atomic E-state index is 8.83. The zero-order valence-corrected chi connectivity index (χ0v) is 13.4. The summed E-state index contributed by atoms with van der Waals surface area (Å²) < 4.78 is 5.67. The number of nitrogens with one attached hydrogen (secondary N) is 3. The van der Waals surface area contributed by atoms with Crippen LogP contribution in [0.25, 0.3) is 11.3 Å². The van der Waals surface area contributed by atoms with Crippen molar-refractivity contribution >= 4 is 51.2 Å². The van der Waals surface area contributed by atoms with E-state index in [2.05, 4.69) is 63.7 Å². The minimum Gasteiger partial charge on any atom is -0.395 e. The lowest BCUT2D eigenvalue weighted by molar-refractivity contribution is 0.296. The molecule has 0 amide bonds. The Morgan fingerprint density at radius 3 is 2.55 bits per heavy atom. The van der Waals surface area contributed by atoms with Crippen LogP contribution in [0.15, 0.2) is 28.9 Å². The van der Waals surface area contributed by atoms with Gasteiger partial charge in [0.1, 0.15) is 0 Å². The first-order chi connectivity index (χ1) is 10.8. The van der Waals surface area contributed by atoms with E-state index in [0.717, 1.165) is 9.26 Å². The fourth-order valence-corrected chi connectivity index (χ4v) is 2.23. The molecule has 3 rings (SSSR count). The Morgan fingerprint density at radius 2 is 1.82 bits per heavy atom. The molecule has 0 unspecified atom stereocenters. The van der Waals surface area contributed by atoms with Crippen LogP contribution < -0.4 is 16.2 Å². The highest BCUT2D eigenvalue weighted by atomic mass is 127. The average molecular weight is 413 g/mol. The number of benzene rings is 1. The van der Waals surface area contributed by atoms with Crippen molar-refractivity contribution in [2.45, 2.75) is 0 Å². The molecule has 0 aliphatic carbocycles. The van der Waals surface area contributed by atoms with Crippen LogP contribution in [0.3, 0.4) is 0 Å². The van der Waals surface area contributed by atoms with Crippen LogP contribution in [0, 0.1) is 3.57 Å². The van der Waals surface area contributed by atoms with Gasteiger partial charge in [0.2, 0.25) is 11.3 Å². The van der Waals surface area contributed by atoms with Crippen molar-refractivity contribution in [2.75, 3.05) is 23.9 Å². The quantitative estimate of drug-likeness (QED) is 0.269. The number of aliphatic hydroxyl groups excluding tert-OH is 1. The first kappa shape index (κ1) is 14.9. The second kappa shape index (κ2) is 6.81. The first-order valence-corrected chi connectivity index (χ1v) is 7.47. The monoisotopic (exact) mass is 413 g/mol. The van der Waals surface area contributed by atoms with E-state index in [1.165, 1.54) is 0 Å². The number of hydrogen-bond donors (Lipinski definition) is 4. The van der Waals surface area contributed by atoms with E-state index in [1.807, 2.05) is 24.3 Å². The Hall–Kier alpha value is -2.05. The molecule has 0 saturated heterocycles. The molecule has 0 radical (unpaired) electrons. The molecule has 0 bridgehead atoms. The zero-order chi connectivity index (χ0) is 15.4. The van der Waals surface area contributed by atoms with Crippen molar-refractivity contribution in [3.63, 3.8) is 0 Å². The van der Waals surface area contributed by atoms with Crippen molar-refractivity contribution in [3.05, 3.63) is 27.8 Å². The Kier molecular flexibility index (Phi) is 4.60. The third-order valence-corrected chi connectivity index (χ3v) is 3.63. The van der Waals surface area contributed by atoms with Gasteiger partial charge in [-0.1, -0.05) is 12.1 Å². The predicted octanol–water partition coefficient (Wildman–Crippen LogP) is 1.27. The van der Waals surface area contributed by atoms with Crippen LogP contribution in [-0.2, 0) is 0 Å². The smallest absolute Gasteiger partial charge is 0.245 e. The average Bonchev–Trinajstić information content (AvgIpc) is 2.97. The topological polar surface area (TPSA) is 121 Å². The number of hydrazine groups is 1. The summed E-state index contributed by atoms with van der Waals surface area (Å²) in [5.74, 6) is 0.897. The van der Waals surface area contributed by atoms with E-state index in [9.17, 15) is 0 Å². The maximum Gasteiger partial charge on any atom is 0.245 e. The largest absolute Gasteiger partial charge is 0.395 e. The number of aromatic nitrogens is 4. The summed E-state index contributed by atoms with van der Waals surface area (Å²) in [6.07, 6.45) is 0. The van der Waals surface area contributed by atoms with Gasteiger partial charge in [-0.3, -0.25) is 0 Å². The van der Waals surface area contributed by atoms with Crippen LogP contribution in [-0.4, -0.2) is 38.5 Å². The summed E-state index contributed by atoms with van der Waals surface area (Å²) in [7, 11) is 0. The number of para-hydroxylation sites is 1. The molecule has 0 saturated carbocycles. The van der Waals surface area contributed by atoms with Crippen molar-refractivity contribution < 1.29 is 9.74 Å². The lowest BCUT2D eigenvalue weighted by atomic mass is 10.3. The fraction of sp³-hybridized carbons (Fsp3) is 0.167. The molecule has 10 heteroatoms. The van der Waals surface area contributed by atoms with E-state index in [-0.39, 0.29) is 6.61 Å². The van der Waals surface area contributed by atoms with Gasteiger partial charge in [-0.2, -0.15) is 4.98 Å². The van der Waals surface area contributed by atoms with Gasteiger partial charge in [0.25, 0.3) is 0 Å². The minimum absolute atomic E-state index is 0.00641. The van der Waals surface area contributed by atoms with Crippen LogP contribution in [0.1, 0.15) is 0 Å². The van der Waals surface area contributed by atoms with E-state index in [0.29, 0.717) is 29.5 Å². The molecule has 0 aliphatic heterocycles. The molecule has 4 N–H and O–H groups in total. The SMILES string of the molecule is OCCNNc1nc2nonc2nc1Nc1ccccc1I. The third kappa shape index (κ3) is 3.23. The molecule has 2 aromatic heterocycles. The number of aliphatic hydroxyl groups is 1. The van der Waals surface area contributed by atoms with Gasteiger partial charge in [-0.05, 0) is 45.0 Å². The van der Waals surface area contributed by atoms with E-state index < -0.39 is 0 Å². The Labute approximate surface area is 138 Å². The van der Waals surface area contributed by atoms with Gasteiger partial charge in [0.05, 0.1) is 12.3 Å². The molecular weight excluding hydrogens is 401 g/mol. The minimum atomic E-state index is -0.00641. The highest BCUT2D eigenvalue weighted by Gasteiger charge is 2.13. The Morgan fingerprint density at radius 1 is 1.09 bits per heavy atom. The van der Waals surface area contributed by atoms with E-state index in [1.54, 1.807) is 0 Å². The van der Waals surface area contributed by atoms with Crippen LogP contribution in [0.5, 0.6) is 0 Å². The van der Waals surface area contributed by atoms with Gasteiger partial charge < -0.3 is 15.8 Å². The Bertz CT molecular complexity index is 779. The summed E-state index contributed by atoms with van der Waals surface area (Å²) in [5.41, 5.74) is 7.19. The van der Waals surface area contributed by atoms with Crippen LogP contribution in [0.4, 0.5) is 17.3 Å². The highest BCUT2D eigenvalue weighted by molar-refractivity contribution is 14.1. The van der Waals surface area contributed by atoms with Gasteiger partial charge in [0.15, 0.2) is 11.6 Å². The van der Waals surface area contributed by atoms with Gasteiger partial charge in [-0.15, -0.1) is 0 Å². The summed E-state index contributed by atoms with van der Waals surface area (Å²) in [6.45, 7) is 0.354. The molecule has 22 heavy (non-hydrogen) atoms. The van der Waals surface area contributed by atoms with Crippen LogP contribution in [0.2, 0.25) is 0 Å². The highest BCUT2D eigenvalue weighted by Crippen LogP contribution is 2.26. The van der Waals surface area contributed by atoms with Gasteiger partial charge in [0, 0.05) is 10.1 Å². The lowest BCUT2D eigenvalue weighted by Gasteiger charge is -2.12.